The van der Waals surface area contributed by atoms with E-state index in [1.54, 1.807) is 25.3 Å². The van der Waals surface area contributed by atoms with E-state index in [1.807, 2.05) is 0 Å². The third-order valence-electron chi connectivity index (χ3n) is 5.78. The SMILES string of the molecule is COc1ccc2c(c1)C(=O)C1C3CCC(C)(C3)C1C2=O. The summed E-state index contributed by atoms with van der Waals surface area (Å²) in [5, 5.41) is 0. The van der Waals surface area contributed by atoms with Crippen molar-refractivity contribution in [1.82, 2.24) is 0 Å². The van der Waals surface area contributed by atoms with E-state index in [0.29, 0.717) is 22.8 Å². The molecule has 0 aliphatic heterocycles. The number of carbonyl (C=O) groups is 2. The first-order valence-corrected chi connectivity index (χ1v) is 7.31. The monoisotopic (exact) mass is 270 g/mol. The van der Waals surface area contributed by atoms with Gasteiger partial charge in [0.05, 0.1) is 7.11 Å². The van der Waals surface area contributed by atoms with Gasteiger partial charge in [0.15, 0.2) is 11.6 Å². The van der Waals surface area contributed by atoms with Crippen LogP contribution in [0.5, 0.6) is 5.75 Å². The molecule has 3 aliphatic rings. The van der Waals surface area contributed by atoms with Crippen molar-refractivity contribution < 1.29 is 14.3 Å². The number of Topliss-reactive ketones (excluding diaryl/α,β-unsaturated/α-hetero) is 2. The molecule has 4 unspecified atom stereocenters. The lowest BCUT2D eigenvalue weighted by Crippen LogP contribution is -2.43. The molecular weight excluding hydrogens is 252 g/mol. The van der Waals surface area contributed by atoms with Gasteiger partial charge >= 0.3 is 0 Å². The summed E-state index contributed by atoms with van der Waals surface area (Å²) in [6.45, 7) is 2.19. The summed E-state index contributed by atoms with van der Waals surface area (Å²) in [5.41, 5.74) is 1.22. The molecular formula is C17H18O3. The second-order valence-electron chi connectivity index (χ2n) is 6.80. The molecule has 1 aromatic carbocycles. The van der Waals surface area contributed by atoms with Gasteiger partial charge in [-0.25, -0.2) is 0 Å². The fraction of sp³-hybridized carbons (Fsp3) is 0.529. The smallest absolute Gasteiger partial charge is 0.167 e. The summed E-state index contributed by atoms with van der Waals surface area (Å²) in [6, 6.07) is 5.28. The first-order valence-electron chi connectivity index (χ1n) is 7.31. The summed E-state index contributed by atoms with van der Waals surface area (Å²) in [6.07, 6.45) is 3.21. The molecule has 4 rings (SSSR count). The molecule has 0 amide bonds. The Balaban J connectivity index is 1.89. The van der Waals surface area contributed by atoms with E-state index in [0.717, 1.165) is 19.3 Å². The average molecular weight is 270 g/mol. The highest BCUT2D eigenvalue weighted by Crippen LogP contribution is 2.63. The van der Waals surface area contributed by atoms with Gasteiger partial charge in [-0.3, -0.25) is 9.59 Å². The summed E-state index contributed by atoms with van der Waals surface area (Å²) in [4.78, 5) is 25.7. The van der Waals surface area contributed by atoms with Gasteiger partial charge in [-0.1, -0.05) is 6.92 Å². The van der Waals surface area contributed by atoms with Crippen LogP contribution in [0.2, 0.25) is 0 Å². The lowest BCUT2D eigenvalue weighted by atomic mass is 9.63. The van der Waals surface area contributed by atoms with Crippen LogP contribution in [0, 0.1) is 23.2 Å². The highest BCUT2D eigenvalue weighted by Gasteiger charge is 2.62. The molecule has 0 radical (unpaired) electrons. The fourth-order valence-corrected chi connectivity index (χ4v) is 4.87. The molecule has 0 aromatic heterocycles. The largest absolute Gasteiger partial charge is 0.497 e. The molecule has 2 bridgehead atoms. The predicted octanol–water partition coefficient (Wildman–Crippen LogP) is 3.13. The molecule has 4 atom stereocenters. The van der Waals surface area contributed by atoms with Crippen molar-refractivity contribution in [3.8, 4) is 5.75 Å². The highest BCUT2D eigenvalue weighted by molar-refractivity contribution is 6.17. The zero-order valence-corrected chi connectivity index (χ0v) is 11.8. The Labute approximate surface area is 118 Å². The van der Waals surface area contributed by atoms with Crippen LogP contribution >= 0.6 is 0 Å². The molecule has 0 N–H and O–H groups in total. The van der Waals surface area contributed by atoms with Gasteiger partial charge in [0.25, 0.3) is 0 Å². The van der Waals surface area contributed by atoms with Crippen molar-refractivity contribution >= 4 is 11.6 Å². The van der Waals surface area contributed by atoms with Crippen LogP contribution in [0.25, 0.3) is 0 Å². The number of hydrogen-bond donors (Lipinski definition) is 0. The van der Waals surface area contributed by atoms with Crippen LogP contribution in [0.15, 0.2) is 18.2 Å². The molecule has 0 heterocycles. The molecule has 20 heavy (non-hydrogen) atoms. The van der Waals surface area contributed by atoms with Crippen molar-refractivity contribution in [2.45, 2.75) is 26.2 Å². The fourth-order valence-electron chi connectivity index (χ4n) is 4.87. The molecule has 1 aromatic rings. The second kappa shape index (κ2) is 3.72. The van der Waals surface area contributed by atoms with Gasteiger partial charge in [0, 0.05) is 23.0 Å². The van der Waals surface area contributed by atoms with Crippen LogP contribution < -0.4 is 4.74 Å². The van der Waals surface area contributed by atoms with Crippen LogP contribution in [-0.2, 0) is 0 Å². The first-order chi connectivity index (χ1) is 9.55. The molecule has 3 heteroatoms. The lowest BCUT2D eigenvalue weighted by molar-refractivity contribution is 0.0572. The van der Waals surface area contributed by atoms with Crippen LogP contribution in [-0.4, -0.2) is 18.7 Å². The number of hydrogen-bond acceptors (Lipinski definition) is 3. The molecule has 3 nitrogen and oxygen atoms in total. The Morgan fingerprint density at radius 3 is 2.75 bits per heavy atom. The molecule has 3 aliphatic carbocycles. The first kappa shape index (κ1) is 12.1. The zero-order valence-electron chi connectivity index (χ0n) is 11.8. The maximum absolute atomic E-state index is 12.8. The van der Waals surface area contributed by atoms with E-state index < -0.39 is 0 Å². The lowest BCUT2D eigenvalue weighted by Gasteiger charge is -2.38. The summed E-state index contributed by atoms with van der Waals surface area (Å²) in [7, 11) is 1.58. The number of fused-ring (bicyclic) bond motifs is 6. The highest BCUT2D eigenvalue weighted by atomic mass is 16.5. The average Bonchev–Trinajstić information content (AvgIpc) is 2.97. The molecule has 104 valence electrons. The van der Waals surface area contributed by atoms with E-state index in [4.69, 9.17) is 4.74 Å². The third kappa shape index (κ3) is 1.31. The van der Waals surface area contributed by atoms with Crippen LogP contribution in [0.4, 0.5) is 0 Å². The summed E-state index contributed by atoms with van der Waals surface area (Å²) >= 11 is 0. The van der Waals surface area contributed by atoms with E-state index in [2.05, 4.69) is 6.92 Å². The number of carbonyl (C=O) groups excluding carboxylic acids is 2. The standard InChI is InChI=1S/C17H18O3/c1-17-6-5-9(8-17)13-14(17)16(19)11-4-3-10(20-2)7-12(11)15(13)18/h3-4,7,9,13-14H,5-6,8H2,1-2H3. The third-order valence-corrected chi connectivity index (χ3v) is 5.78. The molecule has 0 saturated heterocycles. The van der Waals surface area contributed by atoms with Gasteiger partial charge in [-0.15, -0.1) is 0 Å². The second-order valence-corrected chi connectivity index (χ2v) is 6.80. The molecule has 2 saturated carbocycles. The minimum Gasteiger partial charge on any atom is -0.497 e. The predicted molar refractivity (Wildman–Crippen MR) is 74.1 cm³/mol. The molecule has 2 fully saturated rings. The van der Waals surface area contributed by atoms with Crippen molar-refractivity contribution in [2.75, 3.05) is 7.11 Å². The Bertz CT molecular complexity index is 633. The van der Waals surface area contributed by atoms with Crippen molar-refractivity contribution in [3.05, 3.63) is 29.3 Å². The van der Waals surface area contributed by atoms with Gasteiger partial charge in [-0.2, -0.15) is 0 Å². The summed E-state index contributed by atoms with van der Waals surface area (Å²) < 4.78 is 5.19. The topological polar surface area (TPSA) is 43.4 Å². The Hall–Kier alpha value is -1.64. The van der Waals surface area contributed by atoms with Gasteiger partial charge in [0.2, 0.25) is 0 Å². The van der Waals surface area contributed by atoms with Gasteiger partial charge in [0.1, 0.15) is 5.75 Å². The minimum absolute atomic E-state index is 0.0414. The van der Waals surface area contributed by atoms with E-state index in [9.17, 15) is 9.59 Å². The maximum atomic E-state index is 12.8. The number of ether oxygens (including phenoxy) is 1. The number of methoxy groups -OCH3 is 1. The summed E-state index contributed by atoms with van der Waals surface area (Å²) in [5.74, 6) is 1.22. The Morgan fingerprint density at radius 1 is 1.20 bits per heavy atom. The minimum atomic E-state index is -0.0883. The number of rotatable bonds is 1. The van der Waals surface area contributed by atoms with E-state index in [-0.39, 0.29) is 28.8 Å². The quantitative estimate of drug-likeness (QED) is 0.787. The van der Waals surface area contributed by atoms with Crippen molar-refractivity contribution in [3.63, 3.8) is 0 Å². The normalized spacial score (nSPS) is 37.8. The van der Waals surface area contributed by atoms with E-state index >= 15 is 0 Å². The molecule has 0 spiro atoms. The van der Waals surface area contributed by atoms with Crippen LogP contribution in [0.3, 0.4) is 0 Å². The van der Waals surface area contributed by atoms with Crippen molar-refractivity contribution in [2.24, 2.45) is 23.2 Å². The zero-order chi connectivity index (χ0) is 14.1. The number of ketones is 2. The van der Waals surface area contributed by atoms with Crippen LogP contribution in [0.1, 0.15) is 46.9 Å². The Kier molecular flexibility index (Phi) is 2.25. The Morgan fingerprint density at radius 2 is 2.00 bits per heavy atom. The van der Waals surface area contributed by atoms with E-state index in [1.165, 1.54) is 0 Å². The number of benzene rings is 1. The van der Waals surface area contributed by atoms with Crippen molar-refractivity contribution in [1.29, 1.82) is 0 Å². The van der Waals surface area contributed by atoms with Gasteiger partial charge < -0.3 is 4.74 Å². The maximum Gasteiger partial charge on any atom is 0.167 e. The van der Waals surface area contributed by atoms with Gasteiger partial charge in [-0.05, 0) is 48.8 Å².